The molecule has 0 radical (unpaired) electrons. The van der Waals surface area contributed by atoms with Gasteiger partial charge >= 0.3 is 5.97 Å². The molecular formula is C11H8N4O5. The van der Waals surface area contributed by atoms with Crippen molar-refractivity contribution in [3.05, 3.63) is 46.1 Å². The van der Waals surface area contributed by atoms with E-state index in [1.54, 1.807) is 0 Å². The number of nitrogens with one attached hydrogen (secondary N) is 2. The van der Waals surface area contributed by atoms with Gasteiger partial charge in [0.05, 0.1) is 5.56 Å². The fraction of sp³-hybridized carbons (Fsp3) is 0. The highest BCUT2D eigenvalue weighted by Gasteiger charge is 2.16. The zero-order valence-electron chi connectivity index (χ0n) is 9.82. The predicted molar refractivity (Wildman–Crippen MR) is 65.7 cm³/mol. The van der Waals surface area contributed by atoms with Crippen LogP contribution in [0.3, 0.4) is 0 Å². The van der Waals surface area contributed by atoms with Crippen molar-refractivity contribution in [2.24, 2.45) is 0 Å². The van der Waals surface area contributed by atoms with E-state index in [0.717, 1.165) is 18.3 Å². The number of carbonyl (C=O) groups excluding carboxylic acids is 1. The number of aromatic hydroxyl groups is 1. The molecule has 102 valence electrons. The van der Waals surface area contributed by atoms with Crippen molar-refractivity contribution in [1.29, 1.82) is 0 Å². The molecule has 0 aliphatic rings. The molecule has 4 N–H and O–H groups in total. The molecule has 0 spiro atoms. The normalized spacial score (nSPS) is 10.0. The monoisotopic (exact) mass is 276 g/mol. The minimum Gasteiger partial charge on any atom is -0.494 e. The number of aromatic carboxylic acids is 1. The molecule has 0 saturated carbocycles. The molecule has 9 nitrogen and oxygen atoms in total. The molecule has 0 unspecified atom stereocenters. The number of nitrogens with zero attached hydrogens (tertiary/aromatic N) is 2. The third-order valence-electron chi connectivity index (χ3n) is 2.23. The molecule has 0 fully saturated rings. The van der Waals surface area contributed by atoms with Crippen LogP contribution < -0.4 is 10.9 Å². The lowest BCUT2D eigenvalue weighted by Crippen LogP contribution is -2.19. The first kappa shape index (κ1) is 13.2. The van der Waals surface area contributed by atoms with E-state index in [4.69, 9.17) is 5.11 Å². The molecule has 0 aromatic carbocycles. The first-order chi connectivity index (χ1) is 9.47. The topological polar surface area (TPSA) is 145 Å². The van der Waals surface area contributed by atoms with Crippen LogP contribution in [0.25, 0.3) is 0 Å². The SMILES string of the molecule is O=C(Nc1nccnc1C(=O)O)c1cc(O)[nH]c(=O)c1. The number of carboxylic acid groups (broad SMARTS) is 1. The number of aromatic nitrogens is 3. The van der Waals surface area contributed by atoms with Crippen LogP contribution in [0.4, 0.5) is 5.82 Å². The minimum absolute atomic E-state index is 0.145. The van der Waals surface area contributed by atoms with Crippen molar-refractivity contribution in [1.82, 2.24) is 15.0 Å². The van der Waals surface area contributed by atoms with Crippen LogP contribution in [0.2, 0.25) is 0 Å². The second kappa shape index (κ2) is 5.18. The highest BCUT2D eigenvalue weighted by molar-refractivity contribution is 6.06. The maximum atomic E-state index is 11.9. The van der Waals surface area contributed by atoms with Crippen molar-refractivity contribution in [3.63, 3.8) is 0 Å². The quantitative estimate of drug-likeness (QED) is 0.608. The second-order valence-corrected chi connectivity index (χ2v) is 3.63. The van der Waals surface area contributed by atoms with Crippen LogP contribution in [0, 0.1) is 0 Å². The summed E-state index contributed by atoms with van der Waals surface area (Å²) in [5, 5.41) is 20.3. The van der Waals surface area contributed by atoms with E-state index in [-0.39, 0.29) is 11.4 Å². The number of hydrogen-bond donors (Lipinski definition) is 4. The van der Waals surface area contributed by atoms with Gasteiger partial charge in [0.2, 0.25) is 0 Å². The van der Waals surface area contributed by atoms with Crippen molar-refractivity contribution in [3.8, 4) is 5.88 Å². The summed E-state index contributed by atoms with van der Waals surface area (Å²) in [4.78, 5) is 43.2. The molecule has 0 aliphatic carbocycles. The van der Waals surface area contributed by atoms with Crippen molar-refractivity contribution >= 4 is 17.7 Å². The third-order valence-corrected chi connectivity index (χ3v) is 2.23. The molecule has 1 amide bonds. The first-order valence-electron chi connectivity index (χ1n) is 5.26. The molecule has 0 bridgehead atoms. The van der Waals surface area contributed by atoms with Gasteiger partial charge in [-0.25, -0.2) is 14.8 Å². The Kier molecular flexibility index (Phi) is 3.42. The Morgan fingerprint density at radius 2 is 1.90 bits per heavy atom. The van der Waals surface area contributed by atoms with Gasteiger partial charge in [0.1, 0.15) is 0 Å². The molecule has 0 aliphatic heterocycles. The van der Waals surface area contributed by atoms with E-state index in [2.05, 4.69) is 20.3 Å². The van der Waals surface area contributed by atoms with E-state index in [1.165, 1.54) is 6.20 Å². The fourth-order valence-electron chi connectivity index (χ4n) is 1.43. The van der Waals surface area contributed by atoms with Crippen LogP contribution in [-0.2, 0) is 0 Å². The summed E-state index contributed by atoms with van der Waals surface area (Å²) in [6, 6.07) is 1.97. The number of carbonyl (C=O) groups is 2. The van der Waals surface area contributed by atoms with Gasteiger partial charge in [0.15, 0.2) is 17.4 Å². The van der Waals surface area contributed by atoms with Gasteiger partial charge in [-0.2, -0.15) is 0 Å². The Hall–Kier alpha value is -3.23. The Morgan fingerprint density at radius 1 is 1.20 bits per heavy atom. The van der Waals surface area contributed by atoms with Gasteiger partial charge in [0, 0.05) is 24.5 Å². The molecule has 0 atom stereocenters. The molecule has 2 rings (SSSR count). The Morgan fingerprint density at radius 3 is 2.55 bits per heavy atom. The zero-order valence-corrected chi connectivity index (χ0v) is 9.82. The lowest BCUT2D eigenvalue weighted by molar-refractivity contribution is 0.0691. The number of aromatic amines is 1. The van der Waals surface area contributed by atoms with E-state index in [0.29, 0.717) is 0 Å². The largest absolute Gasteiger partial charge is 0.494 e. The van der Waals surface area contributed by atoms with E-state index in [9.17, 15) is 19.5 Å². The number of anilines is 1. The van der Waals surface area contributed by atoms with E-state index in [1.807, 2.05) is 0 Å². The molecule has 20 heavy (non-hydrogen) atoms. The number of carboxylic acids is 1. The molecule has 2 aromatic rings. The van der Waals surface area contributed by atoms with Crippen LogP contribution in [0.5, 0.6) is 5.88 Å². The van der Waals surface area contributed by atoms with Crippen molar-refractivity contribution in [2.45, 2.75) is 0 Å². The number of hydrogen-bond acceptors (Lipinski definition) is 6. The lowest BCUT2D eigenvalue weighted by atomic mass is 10.2. The molecule has 2 aromatic heterocycles. The van der Waals surface area contributed by atoms with Crippen LogP contribution >= 0.6 is 0 Å². The van der Waals surface area contributed by atoms with E-state index >= 15 is 0 Å². The minimum atomic E-state index is -1.36. The first-order valence-corrected chi connectivity index (χ1v) is 5.26. The number of rotatable bonds is 3. The summed E-state index contributed by atoms with van der Waals surface area (Å²) in [5.41, 5.74) is -1.25. The van der Waals surface area contributed by atoms with Crippen LogP contribution in [0.1, 0.15) is 20.8 Å². The molecule has 2 heterocycles. The lowest BCUT2D eigenvalue weighted by Gasteiger charge is -2.06. The summed E-state index contributed by atoms with van der Waals surface area (Å²) in [6.07, 6.45) is 2.37. The summed E-state index contributed by atoms with van der Waals surface area (Å²) in [5.74, 6) is -2.90. The highest BCUT2D eigenvalue weighted by atomic mass is 16.4. The predicted octanol–water partition coefficient (Wildman–Crippen LogP) is -0.179. The molecule has 9 heteroatoms. The maximum Gasteiger partial charge on any atom is 0.358 e. The number of H-pyrrole nitrogens is 1. The Bertz CT molecular complexity index is 740. The average Bonchev–Trinajstić information content (AvgIpc) is 2.37. The average molecular weight is 276 g/mol. The smallest absolute Gasteiger partial charge is 0.358 e. The van der Waals surface area contributed by atoms with Gasteiger partial charge < -0.3 is 15.5 Å². The van der Waals surface area contributed by atoms with Gasteiger partial charge in [-0.1, -0.05) is 0 Å². The number of pyridine rings is 1. The van der Waals surface area contributed by atoms with E-state index < -0.39 is 29.0 Å². The number of amides is 1. The Balaban J connectivity index is 2.33. The van der Waals surface area contributed by atoms with Gasteiger partial charge in [-0.05, 0) is 0 Å². The standard InChI is InChI=1S/C11H8N4O5/c16-6-3-5(4-7(17)14-6)10(18)15-9-8(11(19)20)12-1-2-13-9/h1-4H,(H,19,20)(H,13,15,18)(H2,14,16,17). The van der Waals surface area contributed by atoms with Crippen molar-refractivity contribution in [2.75, 3.05) is 5.32 Å². The van der Waals surface area contributed by atoms with Gasteiger partial charge in [-0.3, -0.25) is 14.6 Å². The van der Waals surface area contributed by atoms with Crippen LogP contribution in [-0.4, -0.2) is 37.0 Å². The second-order valence-electron chi connectivity index (χ2n) is 3.63. The van der Waals surface area contributed by atoms with Gasteiger partial charge in [-0.15, -0.1) is 0 Å². The third kappa shape index (κ3) is 2.77. The summed E-state index contributed by atoms with van der Waals surface area (Å²) < 4.78 is 0. The maximum absolute atomic E-state index is 11.9. The summed E-state index contributed by atoms with van der Waals surface area (Å²) >= 11 is 0. The van der Waals surface area contributed by atoms with Crippen molar-refractivity contribution < 1.29 is 19.8 Å². The zero-order chi connectivity index (χ0) is 14.7. The molecular weight excluding hydrogens is 268 g/mol. The summed E-state index contributed by atoms with van der Waals surface area (Å²) in [7, 11) is 0. The Labute approximate surface area is 111 Å². The summed E-state index contributed by atoms with van der Waals surface area (Å²) in [6.45, 7) is 0. The molecule has 0 saturated heterocycles. The highest BCUT2D eigenvalue weighted by Crippen LogP contribution is 2.11. The van der Waals surface area contributed by atoms with Crippen LogP contribution in [0.15, 0.2) is 29.3 Å². The van der Waals surface area contributed by atoms with Gasteiger partial charge in [0.25, 0.3) is 11.5 Å². The fourth-order valence-corrected chi connectivity index (χ4v) is 1.43.